The number of nitrogens with zero attached hydrogens (tertiary/aromatic N) is 5. The smallest absolute Gasteiger partial charge is 0.224 e. The fraction of sp³-hybridized carbons (Fsp3) is 0.348. The summed E-state index contributed by atoms with van der Waals surface area (Å²) in [4.78, 5) is 34.4. The molecule has 1 saturated heterocycles. The molecule has 10 nitrogen and oxygen atoms in total. The van der Waals surface area contributed by atoms with Gasteiger partial charge in [0.25, 0.3) is 0 Å². The van der Waals surface area contributed by atoms with Crippen molar-refractivity contribution in [2.24, 2.45) is 11.7 Å². The maximum atomic E-state index is 14.3. The van der Waals surface area contributed by atoms with Gasteiger partial charge in [0.1, 0.15) is 17.2 Å². The van der Waals surface area contributed by atoms with E-state index in [-0.39, 0.29) is 29.6 Å². The van der Waals surface area contributed by atoms with Gasteiger partial charge in [-0.15, -0.1) is 0 Å². The van der Waals surface area contributed by atoms with Crippen molar-refractivity contribution in [1.82, 2.24) is 24.9 Å². The van der Waals surface area contributed by atoms with E-state index in [1.54, 1.807) is 13.0 Å². The molecule has 5 rings (SSSR count). The maximum absolute atomic E-state index is 14.3. The van der Waals surface area contributed by atoms with Crippen LogP contribution in [0, 0.1) is 18.7 Å². The Hall–Kier alpha value is -4.02. The van der Waals surface area contributed by atoms with Gasteiger partial charge >= 0.3 is 0 Å². The van der Waals surface area contributed by atoms with Gasteiger partial charge in [0.05, 0.1) is 17.9 Å². The van der Waals surface area contributed by atoms with Crippen molar-refractivity contribution >= 4 is 45.6 Å². The number of aromatic amines is 1. The van der Waals surface area contributed by atoms with E-state index in [4.69, 9.17) is 16.5 Å². The van der Waals surface area contributed by atoms with Gasteiger partial charge in [0, 0.05) is 35.5 Å². The highest BCUT2D eigenvalue weighted by atomic mass is 19.1. The van der Waals surface area contributed by atoms with E-state index in [1.165, 1.54) is 12.4 Å². The van der Waals surface area contributed by atoms with Crippen LogP contribution in [-0.4, -0.2) is 43.9 Å². The van der Waals surface area contributed by atoms with Gasteiger partial charge in [-0.25, -0.2) is 14.4 Å². The Labute approximate surface area is 195 Å². The summed E-state index contributed by atoms with van der Waals surface area (Å²) in [6.45, 7) is 4.99. The van der Waals surface area contributed by atoms with Crippen molar-refractivity contribution < 1.29 is 9.18 Å². The van der Waals surface area contributed by atoms with Crippen LogP contribution >= 0.6 is 0 Å². The van der Waals surface area contributed by atoms with E-state index in [1.807, 2.05) is 13.0 Å². The van der Waals surface area contributed by atoms with Crippen LogP contribution in [0.15, 0.2) is 24.5 Å². The SMILES string of the molecule is Cc1c(F)ccc2cc([C@H](C)Nc3nc(N)nc4nc[nH]c34)c(N3CCC(C(N)=O)CC3)nc12. The number of fused-ring (bicyclic) bond motifs is 2. The van der Waals surface area contributed by atoms with Gasteiger partial charge in [-0.1, -0.05) is 0 Å². The molecule has 0 spiro atoms. The molecule has 4 aromatic rings. The van der Waals surface area contributed by atoms with Crippen LogP contribution in [0.2, 0.25) is 0 Å². The van der Waals surface area contributed by atoms with E-state index >= 15 is 0 Å². The number of H-pyrrole nitrogens is 1. The van der Waals surface area contributed by atoms with Gasteiger partial charge in [-0.05, 0) is 44.9 Å². The summed E-state index contributed by atoms with van der Waals surface area (Å²) >= 11 is 0. The van der Waals surface area contributed by atoms with Crippen LogP contribution in [0.3, 0.4) is 0 Å². The Kier molecular flexibility index (Phi) is 5.39. The maximum Gasteiger partial charge on any atom is 0.224 e. The molecule has 1 atom stereocenters. The minimum absolute atomic E-state index is 0.116. The lowest BCUT2D eigenvalue weighted by atomic mass is 9.95. The number of halogens is 1. The summed E-state index contributed by atoms with van der Waals surface area (Å²) in [5, 5.41) is 4.25. The number of aryl methyl sites for hydroxylation is 1. The van der Waals surface area contributed by atoms with Gasteiger partial charge < -0.3 is 26.7 Å². The molecule has 1 aromatic carbocycles. The van der Waals surface area contributed by atoms with Crippen molar-refractivity contribution in [1.29, 1.82) is 0 Å². The standard InChI is InChI=1S/C23H26FN9O/c1-11-16(24)4-3-14-9-15(12(2)29-21-18-20(28-10-27-18)31-23(26)32-21)22(30-17(11)14)33-7-5-13(6-8-33)19(25)34/h3-4,9-10,12-13H,5-8H2,1-2H3,(H2,25,34)(H4,26,27,28,29,31,32)/t12-/m0/s1. The zero-order chi connectivity index (χ0) is 24.0. The number of benzene rings is 1. The highest BCUT2D eigenvalue weighted by Crippen LogP contribution is 2.34. The van der Waals surface area contributed by atoms with Crippen molar-refractivity contribution in [3.05, 3.63) is 41.5 Å². The first-order valence-electron chi connectivity index (χ1n) is 11.2. The summed E-state index contributed by atoms with van der Waals surface area (Å²) in [7, 11) is 0. The lowest BCUT2D eigenvalue weighted by Crippen LogP contribution is -2.39. The van der Waals surface area contributed by atoms with Gasteiger partial charge in [0.15, 0.2) is 11.5 Å². The van der Waals surface area contributed by atoms with Crippen LogP contribution in [0.1, 0.15) is 36.9 Å². The second kappa shape index (κ2) is 8.40. The Balaban J connectivity index is 1.57. The molecular formula is C23H26FN9O. The Bertz CT molecular complexity index is 1390. The first kappa shape index (κ1) is 21.8. The number of pyridine rings is 1. The molecule has 0 radical (unpaired) electrons. The largest absolute Gasteiger partial charge is 0.369 e. The third kappa shape index (κ3) is 3.82. The Morgan fingerprint density at radius 1 is 1.26 bits per heavy atom. The molecule has 1 fully saturated rings. The first-order valence-corrected chi connectivity index (χ1v) is 11.2. The van der Waals surface area contributed by atoms with Gasteiger partial charge in [-0.2, -0.15) is 9.97 Å². The fourth-order valence-corrected chi connectivity index (χ4v) is 4.55. The normalized spacial score (nSPS) is 15.7. The molecule has 1 aliphatic heterocycles. The quantitative estimate of drug-likeness (QED) is 0.353. The number of piperidine rings is 1. The number of aromatic nitrogens is 5. The number of nitrogen functional groups attached to an aromatic ring is 1. The molecule has 6 N–H and O–H groups in total. The number of rotatable bonds is 5. The van der Waals surface area contributed by atoms with E-state index in [2.05, 4.69) is 30.2 Å². The fourth-order valence-electron chi connectivity index (χ4n) is 4.55. The molecule has 3 aromatic heterocycles. The third-order valence-electron chi connectivity index (χ3n) is 6.50. The zero-order valence-corrected chi connectivity index (χ0v) is 19.0. The molecular weight excluding hydrogens is 437 g/mol. The van der Waals surface area contributed by atoms with Crippen molar-refractivity contribution in [3.63, 3.8) is 0 Å². The molecule has 0 unspecified atom stereocenters. The summed E-state index contributed by atoms with van der Waals surface area (Å²) in [6, 6.07) is 4.99. The zero-order valence-electron chi connectivity index (χ0n) is 19.0. The third-order valence-corrected chi connectivity index (χ3v) is 6.50. The van der Waals surface area contributed by atoms with Crippen LogP contribution in [0.4, 0.5) is 22.0 Å². The predicted octanol–water partition coefficient (Wildman–Crippen LogP) is 2.81. The number of carbonyl (C=O) groups is 1. The number of hydrogen-bond acceptors (Lipinski definition) is 8. The van der Waals surface area contributed by atoms with Crippen molar-refractivity contribution in [3.8, 4) is 0 Å². The van der Waals surface area contributed by atoms with Crippen LogP contribution < -0.4 is 21.7 Å². The van der Waals surface area contributed by atoms with E-state index in [0.717, 1.165) is 16.8 Å². The Morgan fingerprint density at radius 3 is 2.76 bits per heavy atom. The van der Waals surface area contributed by atoms with Crippen molar-refractivity contribution in [2.45, 2.75) is 32.7 Å². The topological polar surface area (TPSA) is 152 Å². The lowest BCUT2D eigenvalue weighted by Gasteiger charge is -2.34. The molecule has 4 heterocycles. The first-order chi connectivity index (χ1) is 16.3. The Morgan fingerprint density at radius 2 is 2.03 bits per heavy atom. The average Bonchev–Trinajstić information content (AvgIpc) is 3.29. The van der Waals surface area contributed by atoms with E-state index in [0.29, 0.717) is 54.0 Å². The highest BCUT2D eigenvalue weighted by molar-refractivity contribution is 5.86. The van der Waals surface area contributed by atoms with Gasteiger partial charge in [0.2, 0.25) is 11.9 Å². The van der Waals surface area contributed by atoms with Crippen LogP contribution in [0.5, 0.6) is 0 Å². The van der Waals surface area contributed by atoms with Crippen LogP contribution in [-0.2, 0) is 4.79 Å². The molecule has 0 saturated carbocycles. The monoisotopic (exact) mass is 463 g/mol. The molecule has 0 aliphatic carbocycles. The van der Waals surface area contributed by atoms with E-state index in [9.17, 15) is 9.18 Å². The molecule has 0 bridgehead atoms. The second-order valence-electron chi connectivity index (χ2n) is 8.71. The highest BCUT2D eigenvalue weighted by Gasteiger charge is 2.27. The predicted molar refractivity (Wildman–Crippen MR) is 129 cm³/mol. The lowest BCUT2D eigenvalue weighted by molar-refractivity contribution is -0.122. The summed E-state index contributed by atoms with van der Waals surface area (Å²) in [6.07, 6.45) is 2.84. The number of amides is 1. The number of imidazole rings is 1. The molecule has 1 aliphatic rings. The summed E-state index contributed by atoms with van der Waals surface area (Å²) in [5.41, 5.74) is 14.6. The molecule has 176 valence electrons. The molecule has 1 amide bonds. The number of nitrogens with one attached hydrogen (secondary N) is 2. The number of primary amides is 1. The summed E-state index contributed by atoms with van der Waals surface area (Å²) in [5.74, 6) is 0.672. The molecule has 34 heavy (non-hydrogen) atoms. The van der Waals surface area contributed by atoms with Gasteiger partial charge in [-0.3, -0.25) is 4.79 Å². The summed E-state index contributed by atoms with van der Waals surface area (Å²) < 4.78 is 14.3. The number of carbonyl (C=O) groups excluding carboxylic acids is 1. The number of anilines is 3. The van der Waals surface area contributed by atoms with Crippen molar-refractivity contribution in [2.75, 3.05) is 29.0 Å². The molecule has 11 heteroatoms. The van der Waals surface area contributed by atoms with Crippen LogP contribution in [0.25, 0.3) is 22.1 Å². The second-order valence-corrected chi connectivity index (χ2v) is 8.71. The average molecular weight is 464 g/mol. The minimum atomic E-state index is -0.296. The minimum Gasteiger partial charge on any atom is -0.369 e. The number of nitrogens with two attached hydrogens (primary N) is 2. The number of hydrogen-bond donors (Lipinski definition) is 4. The van der Waals surface area contributed by atoms with E-state index < -0.39 is 0 Å².